The van der Waals surface area contributed by atoms with Gasteiger partial charge in [-0.05, 0) is 60.9 Å². The average molecular weight is 503 g/mol. The Labute approximate surface area is 203 Å². The number of anilines is 1. The predicted molar refractivity (Wildman–Crippen MR) is 129 cm³/mol. The molecule has 1 N–H and O–H groups in total. The van der Waals surface area contributed by atoms with Crippen molar-refractivity contribution in [3.05, 3.63) is 88.2 Å². The lowest BCUT2D eigenvalue weighted by Gasteiger charge is -2.23. The normalized spacial score (nSPS) is 15.9. The maximum absolute atomic E-state index is 13.9. The van der Waals surface area contributed by atoms with Gasteiger partial charge >= 0.3 is 0 Å². The van der Waals surface area contributed by atoms with Gasteiger partial charge in [-0.15, -0.1) is 0 Å². The summed E-state index contributed by atoms with van der Waals surface area (Å²) in [6.45, 7) is 3.93. The van der Waals surface area contributed by atoms with Crippen molar-refractivity contribution in [1.82, 2.24) is 4.90 Å². The minimum atomic E-state index is -4.01. The number of sulfonamides is 1. The van der Waals surface area contributed by atoms with E-state index in [0.717, 1.165) is 11.6 Å². The first-order valence-corrected chi connectivity index (χ1v) is 12.6. The summed E-state index contributed by atoms with van der Waals surface area (Å²) >= 11 is 6.31. The van der Waals surface area contributed by atoms with Gasteiger partial charge < -0.3 is 9.64 Å². The molecule has 1 unspecified atom stereocenters. The lowest BCUT2D eigenvalue weighted by molar-refractivity contribution is -0.139. The summed E-state index contributed by atoms with van der Waals surface area (Å²) in [6.07, 6.45) is -0.188. The Morgan fingerprint density at radius 1 is 1.15 bits per heavy atom. The maximum atomic E-state index is 13.9. The molecule has 6 nitrogen and oxygen atoms in total. The highest BCUT2D eigenvalue weighted by atomic mass is 35.5. The Balaban J connectivity index is 1.64. The summed E-state index contributed by atoms with van der Waals surface area (Å²) < 4.78 is 48.0. The lowest BCUT2D eigenvalue weighted by atomic mass is 10.1. The summed E-state index contributed by atoms with van der Waals surface area (Å²) in [5, 5.41) is 0.556. The summed E-state index contributed by atoms with van der Waals surface area (Å²) in [4.78, 5) is 14.6. The molecule has 0 bridgehead atoms. The fourth-order valence-corrected chi connectivity index (χ4v) is 5.01. The number of carbonyl (C=O) groups is 1. The number of hydrogen-bond acceptors (Lipinski definition) is 4. The SMILES string of the molecule is CCC1Oc2ccc(NS(=O)(=O)c3ccc(C)c(F)c3)cc2CN(Cc2ccccc2Cl)C1=O. The molecule has 3 aromatic rings. The monoisotopic (exact) mass is 502 g/mol. The van der Waals surface area contributed by atoms with Crippen molar-refractivity contribution in [3.63, 3.8) is 0 Å². The molecular formula is C25H24ClFN2O4S. The number of halogens is 2. The number of benzene rings is 3. The third-order valence-corrected chi connectivity index (χ3v) is 7.42. The van der Waals surface area contributed by atoms with Crippen LogP contribution in [-0.2, 0) is 27.9 Å². The van der Waals surface area contributed by atoms with Crippen LogP contribution < -0.4 is 9.46 Å². The Hall–Kier alpha value is -3.10. The van der Waals surface area contributed by atoms with E-state index in [1.807, 2.05) is 25.1 Å². The fourth-order valence-electron chi connectivity index (χ4n) is 3.75. The quantitative estimate of drug-likeness (QED) is 0.497. The van der Waals surface area contributed by atoms with Gasteiger partial charge in [-0.25, -0.2) is 12.8 Å². The first kappa shape index (κ1) is 24.0. The number of carbonyl (C=O) groups excluding carboxylic acids is 1. The Morgan fingerprint density at radius 3 is 2.62 bits per heavy atom. The van der Waals surface area contributed by atoms with E-state index >= 15 is 0 Å². The molecule has 0 saturated heterocycles. The van der Waals surface area contributed by atoms with E-state index in [1.54, 1.807) is 36.1 Å². The molecule has 0 saturated carbocycles. The largest absolute Gasteiger partial charge is 0.480 e. The molecule has 4 rings (SSSR count). The van der Waals surface area contributed by atoms with Gasteiger partial charge in [0.25, 0.3) is 15.9 Å². The molecule has 1 heterocycles. The van der Waals surface area contributed by atoms with Gasteiger partial charge in [0.05, 0.1) is 4.90 Å². The molecule has 3 aromatic carbocycles. The van der Waals surface area contributed by atoms with Crippen molar-refractivity contribution in [1.29, 1.82) is 0 Å². The Kier molecular flexibility index (Phi) is 6.81. The van der Waals surface area contributed by atoms with E-state index in [1.165, 1.54) is 12.1 Å². The second-order valence-corrected chi connectivity index (χ2v) is 10.2. The smallest absolute Gasteiger partial charge is 0.264 e. The molecule has 0 fully saturated rings. The summed E-state index contributed by atoms with van der Waals surface area (Å²) in [5.74, 6) is -0.264. The molecule has 9 heteroatoms. The van der Waals surface area contributed by atoms with E-state index in [4.69, 9.17) is 16.3 Å². The molecule has 0 aromatic heterocycles. The van der Waals surface area contributed by atoms with Crippen LogP contribution in [0, 0.1) is 12.7 Å². The molecule has 1 amide bonds. The van der Waals surface area contributed by atoms with Gasteiger partial charge in [0.2, 0.25) is 0 Å². The summed E-state index contributed by atoms with van der Waals surface area (Å²) in [5.41, 5.74) is 2.08. The van der Waals surface area contributed by atoms with Crippen LogP contribution in [0.5, 0.6) is 5.75 Å². The number of nitrogens with one attached hydrogen (secondary N) is 1. The molecule has 0 spiro atoms. The van der Waals surface area contributed by atoms with Gasteiger partial charge in [-0.3, -0.25) is 9.52 Å². The van der Waals surface area contributed by atoms with Crippen LogP contribution in [-0.4, -0.2) is 25.3 Å². The lowest BCUT2D eigenvalue weighted by Crippen LogP contribution is -2.38. The molecule has 0 aliphatic carbocycles. The molecule has 1 aliphatic heterocycles. The van der Waals surface area contributed by atoms with Gasteiger partial charge in [0, 0.05) is 29.4 Å². The van der Waals surface area contributed by atoms with Crippen LogP contribution in [0.1, 0.15) is 30.0 Å². The topological polar surface area (TPSA) is 75.7 Å². The number of fused-ring (bicyclic) bond motifs is 1. The van der Waals surface area contributed by atoms with Crippen LogP contribution >= 0.6 is 11.6 Å². The predicted octanol–water partition coefficient (Wildman–Crippen LogP) is 5.29. The average Bonchev–Trinajstić information content (AvgIpc) is 2.93. The standard InChI is InChI=1S/C25H24ClFN2O4S/c1-3-23-25(30)29(14-17-6-4-5-7-21(17)26)15-18-12-19(9-11-24(18)33-23)28-34(31,32)20-10-8-16(2)22(27)13-20/h4-13,23,28H,3,14-15H2,1-2H3. The number of nitrogens with zero attached hydrogens (tertiary/aromatic N) is 1. The molecule has 1 aliphatic rings. The number of amides is 1. The van der Waals surface area contributed by atoms with E-state index in [9.17, 15) is 17.6 Å². The zero-order valence-corrected chi connectivity index (χ0v) is 20.3. The maximum Gasteiger partial charge on any atom is 0.264 e. The van der Waals surface area contributed by atoms with Crippen molar-refractivity contribution < 1.29 is 22.3 Å². The number of rotatable bonds is 6. The third-order valence-electron chi connectivity index (χ3n) is 5.67. The molecule has 1 atom stereocenters. The van der Waals surface area contributed by atoms with Crippen molar-refractivity contribution in [2.75, 3.05) is 4.72 Å². The highest BCUT2D eigenvalue weighted by Gasteiger charge is 2.30. The third kappa shape index (κ3) is 5.03. The van der Waals surface area contributed by atoms with Crippen LogP contribution in [0.25, 0.3) is 0 Å². The minimum absolute atomic E-state index is 0.170. The molecule has 178 valence electrons. The van der Waals surface area contributed by atoms with E-state index in [2.05, 4.69) is 4.72 Å². The number of hydrogen-bond donors (Lipinski definition) is 1. The highest BCUT2D eigenvalue weighted by molar-refractivity contribution is 7.92. The van der Waals surface area contributed by atoms with Crippen molar-refractivity contribution in [2.45, 2.75) is 44.4 Å². The van der Waals surface area contributed by atoms with Gasteiger partial charge in [-0.1, -0.05) is 42.8 Å². The molecule has 0 radical (unpaired) electrons. The van der Waals surface area contributed by atoms with E-state index in [0.29, 0.717) is 28.3 Å². The van der Waals surface area contributed by atoms with Gasteiger partial charge in [0.1, 0.15) is 11.6 Å². The molecular weight excluding hydrogens is 479 g/mol. The minimum Gasteiger partial charge on any atom is -0.480 e. The van der Waals surface area contributed by atoms with Crippen LogP contribution in [0.4, 0.5) is 10.1 Å². The number of ether oxygens (including phenoxy) is 1. The zero-order valence-electron chi connectivity index (χ0n) is 18.7. The van der Waals surface area contributed by atoms with Crippen molar-refractivity contribution >= 4 is 33.2 Å². The number of aryl methyl sites for hydroxylation is 1. The van der Waals surface area contributed by atoms with E-state index < -0.39 is 21.9 Å². The second-order valence-electron chi connectivity index (χ2n) is 8.14. The Morgan fingerprint density at radius 2 is 1.91 bits per heavy atom. The zero-order chi connectivity index (χ0) is 24.5. The summed E-state index contributed by atoms with van der Waals surface area (Å²) in [7, 11) is -4.01. The van der Waals surface area contributed by atoms with Crippen LogP contribution in [0.15, 0.2) is 65.6 Å². The Bertz CT molecular complexity index is 1350. The van der Waals surface area contributed by atoms with E-state index in [-0.39, 0.29) is 29.6 Å². The summed E-state index contributed by atoms with van der Waals surface area (Å²) in [6, 6.07) is 15.9. The van der Waals surface area contributed by atoms with Crippen LogP contribution in [0.3, 0.4) is 0 Å². The van der Waals surface area contributed by atoms with Gasteiger partial charge in [-0.2, -0.15) is 0 Å². The fraction of sp³-hybridized carbons (Fsp3) is 0.240. The first-order valence-electron chi connectivity index (χ1n) is 10.8. The molecule has 34 heavy (non-hydrogen) atoms. The second kappa shape index (κ2) is 9.64. The van der Waals surface area contributed by atoms with Crippen molar-refractivity contribution in [2.24, 2.45) is 0 Å². The van der Waals surface area contributed by atoms with Crippen LogP contribution in [0.2, 0.25) is 5.02 Å². The highest BCUT2D eigenvalue weighted by Crippen LogP contribution is 2.31. The van der Waals surface area contributed by atoms with Gasteiger partial charge in [0.15, 0.2) is 6.10 Å². The van der Waals surface area contributed by atoms with Crippen molar-refractivity contribution in [3.8, 4) is 5.75 Å². The first-order chi connectivity index (χ1) is 16.2.